The van der Waals surface area contributed by atoms with Crippen molar-refractivity contribution in [2.75, 3.05) is 12.4 Å². The molecule has 0 spiro atoms. The summed E-state index contributed by atoms with van der Waals surface area (Å²) in [5.41, 5.74) is 2.06. The van der Waals surface area contributed by atoms with Gasteiger partial charge in [0.15, 0.2) is 5.82 Å². The van der Waals surface area contributed by atoms with Crippen molar-refractivity contribution in [2.45, 2.75) is 13.3 Å². The molecular formula is C13H14BrN3. The highest BCUT2D eigenvalue weighted by Crippen LogP contribution is 2.21. The van der Waals surface area contributed by atoms with Crippen LogP contribution >= 0.6 is 15.9 Å². The van der Waals surface area contributed by atoms with E-state index in [4.69, 9.17) is 0 Å². The van der Waals surface area contributed by atoms with Gasteiger partial charge in [0.1, 0.15) is 5.82 Å². The molecule has 1 aromatic heterocycles. The van der Waals surface area contributed by atoms with Crippen LogP contribution in [-0.4, -0.2) is 17.0 Å². The highest BCUT2D eigenvalue weighted by Gasteiger charge is 2.05. The Morgan fingerprint density at radius 3 is 2.71 bits per heavy atom. The Labute approximate surface area is 109 Å². The Balaban J connectivity index is 2.50. The fraction of sp³-hybridized carbons (Fsp3) is 0.231. The topological polar surface area (TPSA) is 37.8 Å². The average molecular weight is 292 g/mol. The van der Waals surface area contributed by atoms with Crippen LogP contribution in [0.5, 0.6) is 0 Å². The summed E-state index contributed by atoms with van der Waals surface area (Å²) in [4.78, 5) is 9.01. The van der Waals surface area contributed by atoms with Gasteiger partial charge in [-0.3, -0.25) is 0 Å². The first-order valence-electron chi connectivity index (χ1n) is 5.54. The predicted molar refractivity (Wildman–Crippen MR) is 74.1 cm³/mol. The molecule has 0 radical (unpaired) electrons. The second-order valence-electron chi connectivity index (χ2n) is 3.68. The van der Waals surface area contributed by atoms with Crippen molar-refractivity contribution in [1.82, 2.24) is 9.97 Å². The number of hydrogen-bond donors (Lipinski definition) is 1. The smallest absolute Gasteiger partial charge is 0.161 e. The summed E-state index contributed by atoms with van der Waals surface area (Å²) in [5, 5.41) is 3.06. The van der Waals surface area contributed by atoms with Crippen LogP contribution in [0, 0.1) is 0 Å². The van der Waals surface area contributed by atoms with Gasteiger partial charge in [0.2, 0.25) is 0 Å². The van der Waals surface area contributed by atoms with E-state index in [1.807, 2.05) is 37.4 Å². The number of nitrogens with one attached hydrogen (secondary N) is 1. The minimum atomic E-state index is 0.759. The first-order chi connectivity index (χ1) is 8.22. The molecule has 2 rings (SSSR count). The number of benzene rings is 1. The summed E-state index contributed by atoms with van der Waals surface area (Å²) in [6, 6.07) is 9.99. The van der Waals surface area contributed by atoms with Gasteiger partial charge in [0.05, 0.1) is 0 Å². The van der Waals surface area contributed by atoms with Crippen LogP contribution in [0.2, 0.25) is 0 Å². The van der Waals surface area contributed by atoms with Crippen molar-refractivity contribution >= 4 is 21.7 Å². The molecule has 0 unspecified atom stereocenters. The molecule has 0 saturated carbocycles. The molecule has 0 aliphatic heterocycles. The van der Waals surface area contributed by atoms with E-state index in [-0.39, 0.29) is 0 Å². The number of aryl methyl sites for hydroxylation is 1. The molecule has 0 amide bonds. The first kappa shape index (κ1) is 12.0. The zero-order valence-electron chi connectivity index (χ0n) is 9.87. The molecular weight excluding hydrogens is 278 g/mol. The molecule has 1 aromatic carbocycles. The highest BCUT2D eigenvalue weighted by molar-refractivity contribution is 9.10. The third kappa shape index (κ3) is 2.82. The second kappa shape index (κ2) is 5.27. The van der Waals surface area contributed by atoms with Gasteiger partial charge in [-0.05, 0) is 18.6 Å². The van der Waals surface area contributed by atoms with E-state index in [0.29, 0.717) is 0 Å². The number of hydrogen-bond acceptors (Lipinski definition) is 3. The zero-order chi connectivity index (χ0) is 12.3. The third-order valence-corrected chi connectivity index (χ3v) is 2.97. The van der Waals surface area contributed by atoms with Crippen LogP contribution in [0.15, 0.2) is 34.8 Å². The van der Waals surface area contributed by atoms with E-state index in [0.717, 1.165) is 33.8 Å². The molecule has 4 heteroatoms. The summed E-state index contributed by atoms with van der Waals surface area (Å²) >= 11 is 3.46. The van der Waals surface area contributed by atoms with E-state index in [1.54, 1.807) is 0 Å². The van der Waals surface area contributed by atoms with Gasteiger partial charge in [0, 0.05) is 28.8 Å². The maximum atomic E-state index is 4.54. The molecule has 0 saturated heterocycles. The molecule has 17 heavy (non-hydrogen) atoms. The lowest BCUT2D eigenvalue weighted by atomic mass is 10.2. The lowest BCUT2D eigenvalue weighted by molar-refractivity contribution is 1.01. The third-order valence-electron chi connectivity index (χ3n) is 2.48. The predicted octanol–water partition coefficient (Wildman–Crippen LogP) is 3.51. The minimum Gasteiger partial charge on any atom is -0.373 e. The number of nitrogens with zero attached hydrogens (tertiary/aromatic N) is 2. The van der Waals surface area contributed by atoms with E-state index in [9.17, 15) is 0 Å². The van der Waals surface area contributed by atoms with Crippen molar-refractivity contribution < 1.29 is 0 Å². The molecule has 88 valence electrons. The van der Waals surface area contributed by atoms with Crippen LogP contribution in [0.3, 0.4) is 0 Å². The van der Waals surface area contributed by atoms with E-state index >= 15 is 0 Å². The second-order valence-corrected chi connectivity index (χ2v) is 4.60. The monoisotopic (exact) mass is 291 g/mol. The molecule has 1 N–H and O–H groups in total. The van der Waals surface area contributed by atoms with Gasteiger partial charge < -0.3 is 5.32 Å². The quantitative estimate of drug-likeness (QED) is 0.940. The Morgan fingerprint density at radius 1 is 1.24 bits per heavy atom. The van der Waals surface area contributed by atoms with Crippen LogP contribution in [0.25, 0.3) is 11.4 Å². The summed E-state index contributed by atoms with van der Waals surface area (Å²) in [6.45, 7) is 2.09. The maximum Gasteiger partial charge on any atom is 0.161 e. The van der Waals surface area contributed by atoms with Gasteiger partial charge in [-0.25, -0.2) is 9.97 Å². The van der Waals surface area contributed by atoms with Crippen molar-refractivity contribution in [3.05, 3.63) is 40.5 Å². The van der Waals surface area contributed by atoms with Gasteiger partial charge >= 0.3 is 0 Å². The van der Waals surface area contributed by atoms with Gasteiger partial charge in [-0.1, -0.05) is 35.0 Å². The summed E-state index contributed by atoms with van der Waals surface area (Å²) in [5.74, 6) is 1.61. The largest absolute Gasteiger partial charge is 0.373 e. The number of anilines is 1. The first-order valence-corrected chi connectivity index (χ1v) is 6.34. The van der Waals surface area contributed by atoms with Gasteiger partial charge in [-0.15, -0.1) is 0 Å². The van der Waals surface area contributed by atoms with Crippen molar-refractivity contribution in [1.29, 1.82) is 0 Å². The van der Waals surface area contributed by atoms with Crippen molar-refractivity contribution in [2.24, 2.45) is 0 Å². The maximum absolute atomic E-state index is 4.54. The molecule has 0 bridgehead atoms. The van der Waals surface area contributed by atoms with Gasteiger partial charge in [-0.2, -0.15) is 0 Å². The zero-order valence-corrected chi connectivity index (χ0v) is 11.5. The van der Waals surface area contributed by atoms with Gasteiger partial charge in [0.25, 0.3) is 0 Å². The molecule has 0 atom stereocenters. The van der Waals surface area contributed by atoms with E-state index in [1.165, 1.54) is 0 Å². The lowest BCUT2D eigenvalue weighted by Crippen LogP contribution is -2.00. The molecule has 1 heterocycles. The Bertz CT molecular complexity index is 504. The molecule has 0 aliphatic rings. The van der Waals surface area contributed by atoms with Crippen molar-refractivity contribution in [3.63, 3.8) is 0 Å². The lowest BCUT2D eigenvalue weighted by Gasteiger charge is -2.07. The Kier molecular flexibility index (Phi) is 3.74. The molecule has 0 aliphatic carbocycles. The van der Waals surface area contributed by atoms with E-state index in [2.05, 4.69) is 38.1 Å². The van der Waals surface area contributed by atoms with Crippen LogP contribution < -0.4 is 5.32 Å². The SMILES string of the molecule is CCc1cc(NC)nc(-c2cccc(Br)c2)n1. The Morgan fingerprint density at radius 2 is 2.06 bits per heavy atom. The number of rotatable bonds is 3. The number of halogens is 1. The summed E-state index contributed by atoms with van der Waals surface area (Å²) < 4.78 is 1.03. The standard InChI is InChI=1S/C13H14BrN3/c1-3-11-8-12(15-2)17-13(16-11)9-5-4-6-10(14)7-9/h4-8H,3H2,1-2H3,(H,15,16,17). The molecule has 0 fully saturated rings. The van der Waals surface area contributed by atoms with E-state index < -0.39 is 0 Å². The minimum absolute atomic E-state index is 0.759. The average Bonchev–Trinajstić information content (AvgIpc) is 2.38. The summed E-state index contributed by atoms with van der Waals surface area (Å²) in [6.07, 6.45) is 0.901. The Hall–Kier alpha value is -1.42. The summed E-state index contributed by atoms with van der Waals surface area (Å²) in [7, 11) is 1.87. The van der Waals surface area contributed by atoms with Crippen LogP contribution in [0.4, 0.5) is 5.82 Å². The fourth-order valence-corrected chi connectivity index (χ4v) is 1.96. The number of aromatic nitrogens is 2. The highest BCUT2D eigenvalue weighted by atomic mass is 79.9. The van der Waals surface area contributed by atoms with Crippen molar-refractivity contribution in [3.8, 4) is 11.4 Å². The van der Waals surface area contributed by atoms with Crippen LogP contribution in [-0.2, 0) is 6.42 Å². The van der Waals surface area contributed by atoms with Crippen LogP contribution in [0.1, 0.15) is 12.6 Å². The normalized spacial score (nSPS) is 10.3. The molecule has 2 aromatic rings. The molecule has 3 nitrogen and oxygen atoms in total. The fourth-order valence-electron chi connectivity index (χ4n) is 1.56.